The highest BCUT2D eigenvalue weighted by Crippen LogP contribution is 2.43. The molecule has 2 aromatic heterocycles. The lowest BCUT2D eigenvalue weighted by molar-refractivity contribution is -0.137. The van der Waals surface area contributed by atoms with E-state index in [1.165, 1.54) is 22.8 Å². The zero-order valence-corrected chi connectivity index (χ0v) is 20.5. The Bertz CT molecular complexity index is 1310. The molecule has 0 unspecified atom stereocenters. The number of hydrogen-bond acceptors (Lipinski definition) is 6. The van der Waals surface area contributed by atoms with Crippen LogP contribution in [0.3, 0.4) is 0 Å². The number of anilines is 2. The molecule has 1 aromatic carbocycles. The summed E-state index contributed by atoms with van der Waals surface area (Å²) in [7, 11) is 0. The van der Waals surface area contributed by atoms with Gasteiger partial charge in [-0.1, -0.05) is 0 Å². The molecule has 9 nitrogen and oxygen atoms in total. The molecule has 11 heteroatoms. The first-order chi connectivity index (χ1) is 18.0. The smallest absolute Gasteiger partial charge is 0.325 e. The first-order valence-electron chi connectivity index (χ1n) is 12.9. The van der Waals surface area contributed by atoms with Crippen LogP contribution in [0, 0.1) is 0 Å². The van der Waals surface area contributed by atoms with Crippen molar-refractivity contribution in [1.29, 1.82) is 0 Å². The minimum atomic E-state index is -2.69. The highest BCUT2D eigenvalue weighted by atomic mass is 19.3. The standard InChI is InChI=1S/C26H30F2N6O3/c27-25(28)20-11-23-16(10-19(20)17-12-30-32(14-17)15-24(35)36)2-1-7-33(23)26-21-13-29-6-3-22(21)34(31-26)18-4-8-37-9-5-18/h10-12,14,18,25,29H,1-9,13,15H2,(H,35,36). The second kappa shape index (κ2) is 9.86. The van der Waals surface area contributed by atoms with Crippen LogP contribution < -0.4 is 10.2 Å². The molecule has 0 atom stereocenters. The van der Waals surface area contributed by atoms with Gasteiger partial charge in [0.05, 0.1) is 12.2 Å². The number of carbonyl (C=O) groups is 1. The van der Waals surface area contributed by atoms with Crippen molar-refractivity contribution in [3.05, 3.63) is 46.9 Å². The maximum atomic E-state index is 14.4. The summed E-state index contributed by atoms with van der Waals surface area (Å²) in [4.78, 5) is 13.2. The normalized spacial score (nSPS) is 18.2. The van der Waals surface area contributed by atoms with E-state index in [2.05, 4.69) is 20.0 Å². The predicted molar refractivity (Wildman–Crippen MR) is 132 cm³/mol. The number of aromatic nitrogens is 4. The number of alkyl halides is 2. The fourth-order valence-electron chi connectivity index (χ4n) is 5.83. The number of nitrogens with zero attached hydrogens (tertiary/aromatic N) is 5. The second-order valence-electron chi connectivity index (χ2n) is 9.91. The predicted octanol–water partition coefficient (Wildman–Crippen LogP) is 3.85. The number of aliphatic carboxylic acids is 1. The van der Waals surface area contributed by atoms with Gasteiger partial charge in [0.2, 0.25) is 0 Å². The van der Waals surface area contributed by atoms with Gasteiger partial charge in [0.25, 0.3) is 6.43 Å². The van der Waals surface area contributed by atoms with E-state index in [1.807, 2.05) is 6.07 Å². The number of halogens is 2. The lowest BCUT2D eigenvalue weighted by atomic mass is 9.93. The third-order valence-corrected chi connectivity index (χ3v) is 7.58. The average molecular weight is 513 g/mol. The van der Waals surface area contributed by atoms with Crippen molar-refractivity contribution >= 4 is 17.5 Å². The van der Waals surface area contributed by atoms with Crippen molar-refractivity contribution in [2.24, 2.45) is 0 Å². The number of aryl methyl sites for hydroxylation is 1. The third-order valence-electron chi connectivity index (χ3n) is 7.58. The van der Waals surface area contributed by atoms with Gasteiger partial charge >= 0.3 is 5.97 Å². The Hall–Kier alpha value is -3.31. The molecule has 0 saturated carbocycles. The van der Waals surface area contributed by atoms with E-state index in [1.54, 1.807) is 6.07 Å². The quantitative estimate of drug-likeness (QED) is 0.518. The van der Waals surface area contributed by atoms with Gasteiger partial charge in [0.1, 0.15) is 6.54 Å². The van der Waals surface area contributed by atoms with Crippen molar-refractivity contribution in [2.75, 3.05) is 31.2 Å². The Balaban J connectivity index is 1.42. The molecule has 6 rings (SSSR count). The molecule has 196 valence electrons. The van der Waals surface area contributed by atoms with E-state index < -0.39 is 12.4 Å². The molecule has 0 spiro atoms. The first kappa shape index (κ1) is 24.1. The van der Waals surface area contributed by atoms with E-state index in [4.69, 9.17) is 14.9 Å². The van der Waals surface area contributed by atoms with Crippen LogP contribution in [0.1, 0.15) is 54.1 Å². The highest BCUT2D eigenvalue weighted by Gasteiger charge is 2.32. The Morgan fingerprint density at radius 3 is 2.86 bits per heavy atom. The minimum absolute atomic E-state index is 0.0867. The summed E-state index contributed by atoms with van der Waals surface area (Å²) in [5.41, 5.74) is 4.94. The molecule has 1 fully saturated rings. The number of fused-ring (bicyclic) bond motifs is 2. The molecule has 0 radical (unpaired) electrons. The van der Waals surface area contributed by atoms with Gasteiger partial charge in [0.15, 0.2) is 5.82 Å². The molecule has 37 heavy (non-hydrogen) atoms. The highest BCUT2D eigenvalue weighted by molar-refractivity contribution is 5.77. The van der Waals surface area contributed by atoms with E-state index in [-0.39, 0.29) is 12.1 Å². The van der Waals surface area contributed by atoms with Crippen LogP contribution >= 0.6 is 0 Å². The van der Waals surface area contributed by atoms with E-state index in [0.717, 1.165) is 74.5 Å². The van der Waals surface area contributed by atoms with Gasteiger partial charge in [-0.2, -0.15) is 10.2 Å². The average Bonchev–Trinajstić information content (AvgIpc) is 3.52. The van der Waals surface area contributed by atoms with Crippen molar-refractivity contribution in [1.82, 2.24) is 24.9 Å². The zero-order chi connectivity index (χ0) is 25.5. The van der Waals surface area contributed by atoms with Crippen molar-refractivity contribution < 1.29 is 23.4 Å². The summed E-state index contributed by atoms with van der Waals surface area (Å²) < 4.78 is 37.7. The number of hydrogen-bond donors (Lipinski definition) is 2. The van der Waals surface area contributed by atoms with E-state index >= 15 is 0 Å². The summed E-state index contributed by atoms with van der Waals surface area (Å²) >= 11 is 0. The number of benzene rings is 1. The Labute approximate surface area is 213 Å². The molecule has 2 N–H and O–H groups in total. The molecule has 0 aliphatic carbocycles. The topological polar surface area (TPSA) is 97.4 Å². The summed E-state index contributed by atoms with van der Waals surface area (Å²) in [5, 5.41) is 21.7. The van der Waals surface area contributed by atoms with E-state index in [9.17, 15) is 13.6 Å². The molecular formula is C26H30F2N6O3. The molecule has 3 aliphatic heterocycles. The number of nitrogens with one attached hydrogen (secondary N) is 1. The molecule has 0 bridgehead atoms. The van der Waals surface area contributed by atoms with Crippen LogP contribution in [-0.2, 0) is 35.5 Å². The van der Waals surface area contributed by atoms with Crippen molar-refractivity contribution in [3.8, 4) is 11.1 Å². The van der Waals surface area contributed by atoms with Gasteiger partial charge in [0, 0.05) is 73.5 Å². The van der Waals surface area contributed by atoms with Crippen LogP contribution in [0.15, 0.2) is 24.5 Å². The summed E-state index contributed by atoms with van der Waals surface area (Å²) in [5.74, 6) is -0.181. The van der Waals surface area contributed by atoms with Crippen molar-refractivity contribution in [2.45, 2.75) is 57.7 Å². The van der Waals surface area contributed by atoms with Crippen LogP contribution in [0.4, 0.5) is 20.3 Å². The Morgan fingerprint density at radius 1 is 1.24 bits per heavy atom. The van der Waals surface area contributed by atoms with Crippen LogP contribution in [-0.4, -0.2) is 56.9 Å². The number of carboxylic acid groups (broad SMARTS) is 1. The van der Waals surface area contributed by atoms with Crippen LogP contribution in [0.2, 0.25) is 0 Å². The number of carboxylic acids is 1. The van der Waals surface area contributed by atoms with Gasteiger partial charge in [-0.3, -0.25) is 14.2 Å². The van der Waals surface area contributed by atoms with Gasteiger partial charge in [-0.05, 0) is 48.9 Å². The molecule has 5 heterocycles. The largest absolute Gasteiger partial charge is 0.480 e. The number of rotatable bonds is 6. The maximum absolute atomic E-state index is 14.4. The second-order valence-corrected chi connectivity index (χ2v) is 9.91. The molecule has 1 saturated heterocycles. The molecule has 0 amide bonds. The molecule has 3 aliphatic rings. The fraction of sp³-hybridized carbons (Fsp3) is 0.500. The Kier molecular flexibility index (Phi) is 6.41. The summed E-state index contributed by atoms with van der Waals surface area (Å²) in [6.07, 6.45) is 4.66. The van der Waals surface area contributed by atoms with Crippen molar-refractivity contribution in [3.63, 3.8) is 0 Å². The van der Waals surface area contributed by atoms with Crippen LogP contribution in [0.25, 0.3) is 11.1 Å². The first-order valence-corrected chi connectivity index (χ1v) is 12.9. The molecular weight excluding hydrogens is 482 g/mol. The van der Waals surface area contributed by atoms with Gasteiger partial charge in [-0.25, -0.2) is 8.78 Å². The maximum Gasteiger partial charge on any atom is 0.325 e. The zero-order valence-electron chi connectivity index (χ0n) is 20.5. The lowest BCUT2D eigenvalue weighted by Crippen LogP contribution is -2.29. The number of ether oxygens (including phenoxy) is 1. The van der Waals surface area contributed by atoms with Crippen LogP contribution in [0.5, 0.6) is 0 Å². The van der Waals surface area contributed by atoms with Gasteiger partial charge < -0.3 is 20.1 Å². The minimum Gasteiger partial charge on any atom is -0.480 e. The fourth-order valence-corrected chi connectivity index (χ4v) is 5.83. The third kappa shape index (κ3) is 4.50. The lowest BCUT2D eigenvalue weighted by Gasteiger charge is -2.32. The molecule has 3 aromatic rings. The monoisotopic (exact) mass is 512 g/mol. The SMILES string of the molecule is O=C(O)Cn1cc(-c2cc3c(cc2C(F)F)N(c2nn(C4CCOCC4)c4c2CNCC4)CCC3)cn1. The summed E-state index contributed by atoms with van der Waals surface area (Å²) in [6.45, 7) is 3.45. The summed E-state index contributed by atoms with van der Waals surface area (Å²) in [6, 6.07) is 3.71. The van der Waals surface area contributed by atoms with Gasteiger partial charge in [-0.15, -0.1) is 0 Å². The van der Waals surface area contributed by atoms with E-state index in [0.29, 0.717) is 30.3 Å². The Morgan fingerprint density at radius 2 is 2.08 bits per heavy atom.